The standard InChI is InChI=1S/C17H12BN5O/c18-14-8-20-16-6-15(21-23(16)10-14)17(24)22-4-3-12-2-1-11(7-19)5-13(12)9-22/h1-2,5-6,8,10H,3-4,9H2. The molecule has 2 aromatic heterocycles. The molecule has 0 N–H and O–H groups in total. The van der Waals surface area contributed by atoms with Crippen molar-refractivity contribution in [3.05, 3.63) is 59.0 Å². The van der Waals surface area contributed by atoms with Crippen LogP contribution in [0.3, 0.4) is 0 Å². The Kier molecular flexibility index (Phi) is 3.31. The van der Waals surface area contributed by atoms with Gasteiger partial charge in [0.05, 0.1) is 11.6 Å². The summed E-state index contributed by atoms with van der Waals surface area (Å²) in [5.74, 6) is -0.146. The number of rotatable bonds is 1. The first-order chi connectivity index (χ1) is 11.6. The molecular weight excluding hydrogens is 301 g/mol. The van der Waals surface area contributed by atoms with Gasteiger partial charge in [0, 0.05) is 31.5 Å². The maximum absolute atomic E-state index is 12.7. The van der Waals surface area contributed by atoms with Crippen LogP contribution < -0.4 is 5.46 Å². The molecule has 0 spiro atoms. The molecule has 0 unspecified atom stereocenters. The van der Waals surface area contributed by atoms with E-state index in [-0.39, 0.29) is 5.91 Å². The van der Waals surface area contributed by atoms with Crippen molar-refractivity contribution in [2.24, 2.45) is 0 Å². The highest BCUT2D eigenvalue weighted by Gasteiger charge is 2.24. The molecule has 3 aromatic rings. The first-order valence-electron chi connectivity index (χ1n) is 7.56. The normalized spacial score (nSPS) is 13.5. The van der Waals surface area contributed by atoms with E-state index in [1.807, 2.05) is 18.2 Å². The summed E-state index contributed by atoms with van der Waals surface area (Å²) in [6.45, 7) is 1.11. The third kappa shape index (κ3) is 2.42. The maximum Gasteiger partial charge on any atom is 0.274 e. The van der Waals surface area contributed by atoms with Crippen molar-refractivity contribution >= 4 is 24.9 Å². The molecule has 24 heavy (non-hydrogen) atoms. The first kappa shape index (κ1) is 14.5. The van der Waals surface area contributed by atoms with Gasteiger partial charge in [0.15, 0.2) is 11.3 Å². The number of hydrogen-bond donors (Lipinski definition) is 0. The Labute approximate surface area is 139 Å². The van der Waals surface area contributed by atoms with Crippen molar-refractivity contribution in [3.63, 3.8) is 0 Å². The Balaban J connectivity index is 1.63. The minimum Gasteiger partial charge on any atom is -0.333 e. The molecule has 0 saturated carbocycles. The van der Waals surface area contributed by atoms with Gasteiger partial charge in [-0.25, -0.2) is 9.50 Å². The minimum absolute atomic E-state index is 0.146. The fourth-order valence-corrected chi connectivity index (χ4v) is 2.96. The summed E-state index contributed by atoms with van der Waals surface area (Å²) in [5.41, 5.74) is 4.21. The van der Waals surface area contributed by atoms with Gasteiger partial charge in [-0.3, -0.25) is 4.79 Å². The Morgan fingerprint density at radius 2 is 2.17 bits per heavy atom. The Hall–Kier alpha value is -3.14. The van der Waals surface area contributed by atoms with Crippen LogP contribution in [-0.2, 0) is 13.0 Å². The molecule has 0 saturated heterocycles. The van der Waals surface area contributed by atoms with E-state index in [1.54, 1.807) is 17.2 Å². The molecule has 114 valence electrons. The Bertz CT molecular complexity index is 1000. The van der Waals surface area contributed by atoms with Crippen molar-refractivity contribution in [2.75, 3.05) is 6.54 Å². The summed E-state index contributed by atoms with van der Waals surface area (Å²) in [4.78, 5) is 18.6. The fourth-order valence-electron chi connectivity index (χ4n) is 2.96. The van der Waals surface area contributed by atoms with Crippen LogP contribution in [0.4, 0.5) is 0 Å². The number of benzene rings is 1. The Morgan fingerprint density at radius 3 is 3.00 bits per heavy atom. The molecule has 3 heterocycles. The molecular formula is C17H12BN5O. The summed E-state index contributed by atoms with van der Waals surface area (Å²) in [6, 6.07) is 9.42. The van der Waals surface area contributed by atoms with E-state index in [9.17, 15) is 4.79 Å². The van der Waals surface area contributed by atoms with E-state index in [2.05, 4.69) is 16.2 Å². The second kappa shape index (κ2) is 5.50. The summed E-state index contributed by atoms with van der Waals surface area (Å²) >= 11 is 0. The topological polar surface area (TPSA) is 74.3 Å². The van der Waals surface area contributed by atoms with E-state index < -0.39 is 0 Å². The lowest BCUT2D eigenvalue weighted by atomic mass is 9.97. The van der Waals surface area contributed by atoms with Crippen LogP contribution in [0, 0.1) is 11.3 Å². The molecule has 7 heteroatoms. The van der Waals surface area contributed by atoms with Gasteiger partial charge in [-0.1, -0.05) is 11.5 Å². The maximum atomic E-state index is 12.7. The predicted octanol–water partition coefficient (Wildman–Crippen LogP) is 0.593. The number of hydrogen-bond acceptors (Lipinski definition) is 4. The van der Waals surface area contributed by atoms with Crippen molar-refractivity contribution in [1.82, 2.24) is 19.5 Å². The molecule has 0 aliphatic carbocycles. The van der Waals surface area contributed by atoms with Gasteiger partial charge < -0.3 is 4.90 Å². The highest BCUT2D eigenvalue weighted by Crippen LogP contribution is 2.21. The average molecular weight is 313 g/mol. The second-order valence-electron chi connectivity index (χ2n) is 5.79. The van der Waals surface area contributed by atoms with Gasteiger partial charge in [-0.2, -0.15) is 10.4 Å². The van der Waals surface area contributed by atoms with Crippen LogP contribution in [0.2, 0.25) is 0 Å². The molecule has 0 fully saturated rings. The second-order valence-corrected chi connectivity index (χ2v) is 5.79. The van der Waals surface area contributed by atoms with Crippen LogP contribution in [0.1, 0.15) is 27.2 Å². The number of fused-ring (bicyclic) bond motifs is 2. The number of nitrogens with zero attached hydrogens (tertiary/aromatic N) is 5. The molecule has 6 nitrogen and oxygen atoms in total. The number of amides is 1. The van der Waals surface area contributed by atoms with Crippen molar-refractivity contribution in [1.29, 1.82) is 5.26 Å². The molecule has 0 atom stereocenters. The van der Waals surface area contributed by atoms with Gasteiger partial charge in [-0.05, 0) is 29.7 Å². The summed E-state index contributed by atoms with van der Waals surface area (Å²) in [5, 5.41) is 13.3. The number of nitriles is 1. The molecule has 2 radical (unpaired) electrons. The molecule has 1 aliphatic heterocycles. The van der Waals surface area contributed by atoms with Crippen LogP contribution in [0.5, 0.6) is 0 Å². The molecule has 4 rings (SSSR count). The molecule has 1 amide bonds. The zero-order valence-electron chi connectivity index (χ0n) is 12.8. The number of carbonyl (C=O) groups is 1. The van der Waals surface area contributed by atoms with Gasteiger partial charge in [0.25, 0.3) is 5.91 Å². The highest BCUT2D eigenvalue weighted by atomic mass is 16.2. The molecule has 1 aliphatic rings. The minimum atomic E-state index is -0.146. The molecule has 1 aromatic carbocycles. The van der Waals surface area contributed by atoms with Crippen molar-refractivity contribution in [2.45, 2.75) is 13.0 Å². The zero-order chi connectivity index (χ0) is 16.7. The average Bonchev–Trinajstić information content (AvgIpc) is 3.03. The van der Waals surface area contributed by atoms with Crippen LogP contribution >= 0.6 is 0 Å². The van der Waals surface area contributed by atoms with E-state index in [1.165, 1.54) is 16.3 Å². The lowest BCUT2D eigenvalue weighted by Crippen LogP contribution is -2.36. The van der Waals surface area contributed by atoms with E-state index in [0.717, 1.165) is 12.0 Å². The highest BCUT2D eigenvalue weighted by molar-refractivity contribution is 6.31. The summed E-state index contributed by atoms with van der Waals surface area (Å²) < 4.78 is 1.51. The molecule has 0 bridgehead atoms. The van der Waals surface area contributed by atoms with Gasteiger partial charge in [-0.15, -0.1) is 0 Å². The summed E-state index contributed by atoms with van der Waals surface area (Å²) in [7, 11) is 5.69. The number of carbonyl (C=O) groups excluding carboxylic acids is 1. The lowest BCUT2D eigenvalue weighted by molar-refractivity contribution is 0.0728. The summed E-state index contributed by atoms with van der Waals surface area (Å²) in [6.07, 6.45) is 3.93. The van der Waals surface area contributed by atoms with E-state index >= 15 is 0 Å². The van der Waals surface area contributed by atoms with Crippen LogP contribution in [0.25, 0.3) is 5.65 Å². The van der Waals surface area contributed by atoms with Crippen molar-refractivity contribution in [3.8, 4) is 6.07 Å². The smallest absolute Gasteiger partial charge is 0.274 e. The van der Waals surface area contributed by atoms with Crippen LogP contribution in [0.15, 0.2) is 36.7 Å². The largest absolute Gasteiger partial charge is 0.333 e. The van der Waals surface area contributed by atoms with E-state index in [0.29, 0.717) is 35.5 Å². The number of aromatic nitrogens is 3. The van der Waals surface area contributed by atoms with Gasteiger partial charge >= 0.3 is 0 Å². The monoisotopic (exact) mass is 313 g/mol. The van der Waals surface area contributed by atoms with Gasteiger partial charge in [0.2, 0.25) is 0 Å². The zero-order valence-corrected chi connectivity index (χ0v) is 12.8. The third-order valence-corrected chi connectivity index (χ3v) is 4.19. The quantitative estimate of drug-likeness (QED) is 0.616. The Morgan fingerprint density at radius 1 is 1.29 bits per heavy atom. The predicted molar refractivity (Wildman–Crippen MR) is 88.0 cm³/mol. The van der Waals surface area contributed by atoms with E-state index in [4.69, 9.17) is 13.1 Å². The van der Waals surface area contributed by atoms with Crippen LogP contribution in [-0.4, -0.2) is 39.8 Å². The fraction of sp³-hybridized carbons (Fsp3) is 0.176. The third-order valence-electron chi connectivity index (χ3n) is 4.19. The SMILES string of the molecule is [B]c1cnc2cc(C(=O)N3CCc4ccc(C#N)cc4C3)nn2c1. The first-order valence-corrected chi connectivity index (χ1v) is 7.56. The lowest BCUT2D eigenvalue weighted by Gasteiger charge is -2.28. The van der Waals surface area contributed by atoms with Gasteiger partial charge in [0.1, 0.15) is 7.85 Å². The van der Waals surface area contributed by atoms with Crippen molar-refractivity contribution < 1.29 is 4.79 Å².